The molecule has 1 rings (SSSR count). The first-order chi connectivity index (χ1) is 9.47. The number of anilines is 1. The van der Waals surface area contributed by atoms with Gasteiger partial charge in [0.05, 0.1) is 0 Å². The number of thiocarbonyl (C=S) groups is 2. The molecule has 0 aliphatic heterocycles. The van der Waals surface area contributed by atoms with Crippen molar-refractivity contribution in [1.29, 1.82) is 0 Å². The van der Waals surface area contributed by atoms with Gasteiger partial charge in [-0.1, -0.05) is 17.7 Å². The van der Waals surface area contributed by atoms with Gasteiger partial charge < -0.3 is 15.5 Å². The van der Waals surface area contributed by atoms with Crippen LogP contribution in [0.1, 0.15) is 0 Å². The average Bonchev–Trinajstić information content (AvgIpc) is 2.36. The van der Waals surface area contributed by atoms with E-state index in [9.17, 15) is 0 Å². The maximum atomic E-state index is 5.88. The van der Waals surface area contributed by atoms with E-state index in [2.05, 4.69) is 26.4 Å². The lowest BCUT2D eigenvalue weighted by molar-refractivity contribution is 0.412. The molecule has 0 aliphatic rings. The van der Waals surface area contributed by atoms with Crippen molar-refractivity contribution in [1.82, 2.24) is 21.1 Å². The van der Waals surface area contributed by atoms with Gasteiger partial charge in [0.25, 0.3) is 0 Å². The molecule has 0 amide bonds. The number of rotatable bonds is 4. The highest BCUT2D eigenvalue weighted by atomic mass is 35.5. The van der Waals surface area contributed by atoms with Crippen molar-refractivity contribution in [3.05, 3.63) is 29.3 Å². The summed E-state index contributed by atoms with van der Waals surface area (Å²) in [4.78, 5) is 2.06. The number of hydrazine groups is 1. The van der Waals surface area contributed by atoms with Gasteiger partial charge in [-0.3, -0.25) is 10.9 Å². The number of nitrogens with one attached hydrogen (secondary N) is 4. The molecule has 0 unspecified atom stereocenters. The zero-order valence-corrected chi connectivity index (χ0v) is 13.8. The number of halogens is 1. The quantitative estimate of drug-likeness (QED) is 0.493. The average molecular weight is 332 g/mol. The minimum absolute atomic E-state index is 0.407. The summed E-state index contributed by atoms with van der Waals surface area (Å²) in [6.07, 6.45) is 0. The summed E-state index contributed by atoms with van der Waals surface area (Å²) < 4.78 is 0. The van der Waals surface area contributed by atoms with Crippen molar-refractivity contribution in [3.63, 3.8) is 0 Å². The van der Waals surface area contributed by atoms with Crippen LogP contribution in [-0.2, 0) is 0 Å². The van der Waals surface area contributed by atoms with Gasteiger partial charge in [0, 0.05) is 23.8 Å². The Bertz CT molecular complexity index is 467. The standard InChI is InChI=1S/C12H18ClN5S2/c1-18(2)7-6-14-11(19)16-17-12(20)15-10-5-3-4-9(13)8-10/h3-5,8H,6-7H2,1-2H3,(H2,14,16,19)(H2,15,17,20). The van der Waals surface area contributed by atoms with E-state index in [1.807, 2.05) is 26.2 Å². The maximum absolute atomic E-state index is 5.88. The molecule has 0 radical (unpaired) electrons. The molecular formula is C12H18ClN5S2. The van der Waals surface area contributed by atoms with Gasteiger partial charge in [-0.25, -0.2) is 0 Å². The Morgan fingerprint density at radius 1 is 1.20 bits per heavy atom. The molecule has 0 spiro atoms. The maximum Gasteiger partial charge on any atom is 0.189 e. The fourth-order valence-electron chi connectivity index (χ4n) is 1.28. The molecule has 0 saturated heterocycles. The molecule has 1 aromatic rings. The summed E-state index contributed by atoms with van der Waals surface area (Å²) in [6, 6.07) is 7.29. The van der Waals surface area contributed by atoms with E-state index in [1.165, 1.54) is 0 Å². The first-order valence-electron chi connectivity index (χ1n) is 5.98. The SMILES string of the molecule is CN(C)CCNC(=S)NNC(=S)Nc1cccc(Cl)c1. The molecule has 20 heavy (non-hydrogen) atoms. The lowest BCUT2D eigenvalue weighted by atomic mass is 10.3. The van der Waals surface area contributed by atoms with Crippen LogP contribution in [0.3, 0.4) is 0 Å². The summed E-state index contributed by atoms with van der Waals surface area (Å²) in [5.41, 5.74) is 6.41. The lowest BCUT2D eigenvalue weighted by Crippen LogP contribution is -2.49. The van der Waals surface area contributed by atoms with E-state index < -0.39 is 0 Å². The van der Waals surface area contributed by atoms with Crippen LogP contribution in [0.15, 0.2) is 24.3 Å². The second-order valence-corrected chi connectivity index (χ2v) is 5.53. The summed E-state index contributed by atoms with van der Waals surface area (Å²) in [5.74, 6) is 0. The molecule has 0 aliphatic carbocycles. The monoisotopic (exact) mass is 331 g/mol. The van der Waals surface area contributed by atoms with E-state index in [0.717, 1.165) is 18.8 Å². The highest BCUT2D eigenvalue weighted by Gasteiger charge is 1.99. The van der Waals surface area contributed by atoms with Gasteiger partial charge in [0.1, 0.15) is 0 Å². The normalized spacial score (nSPS) is 10.0. The molecule has 1 aromatic carbocycles. The molecular weight excluding hydrogens is 314 g/mol. The third-order valence-corrected chi connectivity index (χ3v) is 2.90. The Hall–Kier alpha value is -1.15. The first kappa shape index (κ1) is 16.9. The second kappa shape index (κ2) is 8.91. The second-order valence-electron chi connectivity index (χ2n) is 4.27. The number of hydrogen-bond acceptors (Lipinski definition) is 3. The van der Waals surface area contributed by atoms with Crippen LogP contribution in [0.5, 0.6) is 0 Å². The molecule has 0 bridgehead atoms. The van der Waals surface area contributed by atoms with Crippen LogP contribution in [0.4, 0.5) is 5.69 Å². The van der Waals surface area contributed by atoms with Crippen molar-refractivity contribution in [2.24, 2.45) is 0 Å². The van der Waals surface area contributed by atoms with Crippen LogP contribution >= 0.6 is 36.0 Å². The van der Waals surface area contributed by atoms with Crippen LogP contribution in [0.25, 0.3) is 0 Å². The molecule has 0 fully saturated rings. The zero-order chi connectivity index (χ0) is 15.0. The topological polar surface area (TPSA) is 51.4 Å². The highest BCUT2D eigenvalue weighted by Crippen LogP contribution is 2.14. The van der Waals surface area contributed by atoms with Crippen molar-refractivity contribution in [3.8, 4) is 0 Å². The minimum Gasteiger partial charge on any atom is -0.360 e. The van der Waals surface area contributed by atoms with Gasteiger partial charge >= 0.3 is 0 Å². The van der Waals surface area contributed by atoms with Crippen molar-refractivity contribution < 1.29 is 0 Å². The van der Waals surface area contributed by atoms with Crippen molar-refractivity contribution >= 4 is 51.9 Å². The van der Waals surface area contributed by atoms with E-state index in [0.29, 0.717) is 15.2 Å². The Kier molecular flexibility index (Phi) is 7.53. The van der Waals surface area contributed by atoms with E-state index >= 15 is 0 Å². The van der Waals surface area contributed by atoms with Gasteiger partial charge in [-0.15, -0.1) is 0 Å². The van der Waals surface area contributed by atoms with Crippen molar-refractivity contribution in [2.45, 2.75) is 0 Å². The fourth-order valence-corrected chi connectivity index (χ4v) is 1.79. The third kappa shape index (κ3) is 7.44. The molecule has 0 heterocycles. The van der Waals surface area contributed by atoms with Gasteiger partial charge in [-0.2, -0.15) is 0 Å². The van der Waals surface area contributed by atoms with E-state index in [4.69, 9.17) is 36.0 Å². The molecule has 8 heteroatoms. The van der Waals surface area contributed by atoms with Crippen LogP contribution in [0, 0.1) is 0 Å². The number of nitrogens with zero attached hydrogens (tertiary/aromatic N) is 1. The molecule has 0 aromatic heterocycles. The highest BCUT2D eigenvalue weighted by molar-refractivity contribution is 7.80. The third-order valence-electron chi connectivity index (χ3n) is 2.22. The van der Waals surface area contributed by atoms with Crippen LogP contribution < -0.4 is 21.5 Å². The Morgan fingerprint density at radius 3 is 2.55 bits per heavy atom. The summed E-state index contributed by atoms with van der Waals surface area (Å²) in [6.45, 7) is 1.65. The number of hydrogen-bond donors (Lipinski definition) is 4. The van der Waals surface area contributed by atoms with Gasteiger partial charge in [-0.05, 0) is 56.7 Å². The van der Waals surface area contributed by atoms with Gasteiger partial charge in [0.2, 0.25) is 0 Å². The van der Waals surface area contributed by atoms with Crippen molar-refractivity contribution in [2.75, 3.05) is 32.5 Å². The molecule has 110 valence electrons. The molecule has 0 atom stereocenters. The molecule has 4 N–H and O–H groups in total. The largest absolute Gasteiger partial charge is 0.360 e. The summed E-state index contributed by atoms with van der Waals surface area (Å²) in [5, 5.41) is 7.58. The van der Waals surface area contributed by atoms with E-state index in [1.54, 1.807) is 12.1 Å². The lowest BCUT2D eigenvalue weighted by Gasteiger charge is -2.15. The fraction of sp³-hybridized carbons (Fsp3) is 0.333. The van der Waals surface area contributed by atoms with Crippen LogP contribution in [0.2, 0.25) is 5.02 Å². The number of benzene rings is 1. The van der Waals surface area contributed by atoms with Gasteiger partial charge in [0.15, 0.2) is 10.2 Å². The smallest absolute Gasteiger partial charge is 0.189 e. The predicted molar refractivity (Wildman–Crippen MR) is 93.1 cm³/mol. The Morgan fingerprint density at radius 2 is 1.90 bits per heavy atom. The van der Waals surface area contributed by atoms with Crippen LogP contribution in [-0.4, -0.2) is 42.3 Å². The Balaban J connectivity index is 2.24. The first-order valence-corrected chi connectivity index (χ1v) is 7.18. The van der Waals surface area contributed by atoms with E-state index in [-0.39, 0.29) is 0 Å². The minimum atomic E-state index is 0.407. The summed E-state index contributed by atoms with van der Waals surface area (Å²) in [7, 11) is 4.00. The molecule has 0 saturated carbocycles. The summed E-state index contributed by atoms with van der Waals surface area (Å²) >= 11 is 16.1. The predicted octanol–water partition coefficient (Wildman–Crippen LogP) is 1.57. The Labute approximate surface area is 135 Å². The number of likely N-dealkylation sites (N-methyl/N-ethyl adjacent to an activating group) is 1. The zero-order valence-electron chi connectivity index (χ0n) is 11.4. The molecule has 5 nitrogen and oxygen atoms in total.